The largest absolute Gasteiger partial charge is 0.396 e. The maximum absolute atomic E-state index is 11.1. The van der Waals surface area contributed by atoms with Crippen LogP contribution in [-0.4, -0.2) is 28.9 Å². The van der Waals surface area contributed by atoms with Crippen LogP contribution in [-0.2, 0) is 9.59 Å². The number of carbonyl (C=O) groups excluding carboxylic acids is 2. The Hall–Kier alpha value is -0.900. The van der Waals surface area contributed by atoms with Crippen molar-refractivity contribution in [2.24, 2.45) is 0 Å². The van der Waals surface area contributed by atoms with Crippen molar-refractivity contribution < 1.29 is 14.7 Å². The number of aliphatic hydroxyl groups is 1. The zero-order valence-electron chi connectivity index (χ0n) is 8.39. The summed E-state index contributed by atoms with van der Waals surface area (Å²) in [6, 6.07) is 0. The van der Waals surface area contributed by atoms with Gasteiger partial charge in [-0.3, -0.25) is 9.59 Å². The summed E-state index contributed by atoms with van der Waals surface area (Å²) in [4.78, 5) is 21.7. The molecular weight excluding hydrogens is 170 g/mol. The third-order valence-electron chi connectivity index (χ3n) is 1.62. The number of carbonyl (C=O) groups is 2. The molecule has 0 aromatic rings. The van der Waals surface area contributed by atoms with E-state index in [9.17, 15) is 9.59 Å². The number of hydrogen-bond acceptors (Lipinski definition) is 3. The first kappa shape index (κ1) is 12.1. The molecule has 0 fully saturated rings. The fourth-order valence-corrected chi connectivity index (χ4v) is 0.990. The lowest BCUT2D eigenvalue weighted by Crippen LogP contribution is -2.44. The van der Waals surface area contributed by atoms with Crippen molar-refractivity contribution in [1.29, 1.82) is 0 Å². The predicted molar refractivity (Wildman–Crippen MR) is 49.2 cm³/mol. The molecule has 0 spiro atoms. The fourth-order valence-electron chi connectivity index (χ4n) is 0.990. The standard InChI is InChI=1S/C9H17NO3/c1-7(12)6-8(13)10-9(2,3)4-5-11/h11H,4-6H2,1-3H3,(H,10,13). The van der Waals surface area contributed by atoms with Crippen molar-refractivity contribution in [3.8, 4) is 0 Å². The van der Waals surface area contributed by atoms with Gasteiger partial charge in [0.25, 0.3) is 0 Å². The van der Waals surface area contributed by atoms with Gasteiger partial charge in [-0.15, -0.1) is 0 Å². The Bertz CT molecular complexity index is 199. The predicted octanol–water partition coefficient (Wildman–Crippen LogP) is 0.243. The van der Waals surface area contributed by atoms with Gasteiger partial charge in [0.05, 0.1) is 6.42 Å². The Morgan fingerprint density at radius 3 is 2.31 bits per heavy atom. The molecule has 1 amide bonds. The van der Waals surface area contributed by atoms with Crippen LogP contribution < -0.4 is 5.32 Å². The van der Waals surface area contributed by atoms with Crippen LogP contribution in [0.25, 0.3) is 0 Å². The quantitative estimate of drug-likeness (QED) is 0.606. The average Bonchev–Trinajstić information content (AvgIpc) is 1.81. The maximum atomic E-state index is 11.1. The number of nitrogens with one attached hydrogen (secondary N) is 1. The molecule has 0 aliphatic carbocycles. The smallest absolute Gasteiger partial charge is 0.227 e. The van der Waals surface area contributed by atoms with E-state index in [0.717, 1.165) is 0 Å². The van der Waals surface area contributed by atoms with Gasteiger partial charge in [-0.1, -0.05) is 0 Å². The lowest BCUT2D eigenvalue weighted by molar-refractivity contribution is -0.128. The van der Waals surface area contributed by atoms with E-state index in [0.29, 0.717) is 6.42 Å². The third-order valence-corrected chi connectivity index (χ3v) is 1.62. The second-order valence-corrected chi connectivity index (χ2v) is 3.78. The molecule has 0 aliphatic rings. The Morgan fingerprint density at radius 1 is 1.38 bits per heavy atom. The summed E-state index contributed by atoms with van der Waals surface area (Å²) in [6.07, 6.45) is 0.394. The molecule has 76 valence electrons. The van der Waals surface area contributed by atoms with Gasteiger partial charge in [-0.25, -0.2) is 0 Å². The van der Waals surface area contributed by atoms with Gasteiger partial charge in [-0.2, -0.15) is 0 Å². The monoisotopic (exact) mass is 187 g/mol. The zero-order chi connectivity index (χ0) is 10.5. The molecule has 0 atom stereocenters. The van der Waals surface area contributed by atoms with Gasteiger partial charge in [0.15, 0.2) is 0 Å². The topological polar surface area (TPSA) is 66.4 Å². The summed E-state index contributed by atoms with van der Waals surface area (Å²) in [7, 11) is 0. The normalized spacial score (nSPS) is 11.1. The molecule has 0 aromatic heterocycles. The summed E-state index contributed by atoms with van der Waals surface area (Å²) < 4.78 is 0. The summed E-state index contributed by atoms with van der Waals surface area (Å²) in [5, 5.41) is 11.3. The molecule has 0 bridgehead atoms. The first-order valence-electron chi connectivity index (χ1n) is 4.29. The number of amides is 1. The van der Waals surface area contributed by atoms with E-state index in [1.165, 1.54) is 6.92 Å². The molecule has 0 aromatic carbocycles. The van der Waals surface area contributed by atoms with Crippen molar-refractivity contribution in [3.05, 3.63) is 0 Å². The lowest BCUT2D eigenvalue weighted by atomic mass is 10.0. The molecule has 0 aliphatic heterocycles. The second-order valence-electron chi connectivity index (χ2n) is 3.78. The van der Waals surface area contributed by atoms with Crippen molar-refractivity contribution in [2.45, 2.75) is 39.2 Å². The first-order valence-corrected chi connectivity index (χ1v) is 4.29. The minimum absolute atomic E-state index is 0.0212. The summed E-state index contributed by atoms with van der Waals surface area (Å²) >= 11 is 0. The van der Waals surface area contributed by atoms with E-state index < -0.39 is 5.54 Å². The molecule has 4 nitrogen and oxygen atoms in total. The summed E-state index contributed by atoms with van der Waals surface area (Å²) in [5.41, 5.74) is -0.443. The van der Waals surface area contributed by atoms with Crippen LogP contribution in [0.15, 0.2) is 0 Å². The number of ketones is 1. The van der Waals surface area contributed by atoms with Crippen molar-refractivity contribution >= 4 is 11.7 Å². The minimum Gasteiger partial charge on any atom is -0.396 e. The van der Waals surface area contributed by atoms with Crippen molar-refractivity contribution in [3.63, 3.8) is 0 Å². The number of hydrogen-bond donors (Lipinski definition) is 2. The molecule has 0 saturated carbocycles. The first-order chi connectivity index (χ1) is 5.87. The van der Waals surface area contributed by atoms with E-state index in [1.54, 1.807) is 13.8 Å². The van der Waals surface area contributed by atoms with Gasteiger partial charge in [0.1, 0.15) is 5.78 Å². The molecule has 4 heteroatoms. The van der Waals surface area contributed by atoms with E-state index in [-0.39, 0.29) is 24.7 Å². The summed E-state index contributed by atoms with van der Waals surface area (Å²) in [6.45, 7) is 5.01. The molecular formula is C9H17NO3. The summed E-state index contributed by atoms with van der Waals surface area (Å²) in [5.74, 6) is -0.441. The van der Waals surface area contributed by atoms with E-state index in [1.807, 2.05) is 0 Å². The SMILES string of the molecule is CC(=O)CC(=O)NC(C)(C)CCO. The Labute approximate surface area is 78.3 Å². The molecule has 13 heavy (non-hydrogen) atoms. The number of Topliss-reactive ketones (excluding diaryl/α,β-unsaturated/α-hetero) is 1. The van der Waals surface area contributed by atoms with Crippen LogP contribution in [0.3, 0.4) is 0 Å². The Morgan fingerprint density at radius 2 is 1.92 bits per heavy atom. The third kappa shape index (κ3) is 6.28. The van der Waals surface area contributed by atoms with E-state index >= 15 is 0 Å². The van der Waals surface area contributed by atoms with Crippen LogP contribution >= 0.6 is 0 Å². The second kappa shape index (κ2) is 4.97. The fraction of sp³-hybridized carbons (Fsp3) is 0.778. The van der Waals surface area contributed by atoms with Gasteiger partial charge in [0, 0.05) is 12.1 Å². The van der Waals surface area contributed by atoms with Gasteiger partial charge in [-0.05, 0) is 27.2 Å². The Balaban J connectivity index is 3.96. The Kier molecular flexibility index (Phi) is 4.62. The van der Waals surface area contributed by atoms with Crippen LogP contribution in [0.4, 0.5) is 0 Å². The molecule has 0 radical (unpaired) electrons. The highest BCUT2D eigenvalue weighted by atomic mass is 16.3. The highest BCUT2D eigenvalue weighted by Crippen LogP contribution is 2.07. The molecule has 0 heterocycles. The minimum atomic E-state index is -0.443. The van der Waals surface area contributed by atoms with Crippen LogP contribution in [0.2, 0.25) is 0 Å². The average molecular weight is 187 g/mol. The van der Waals surface area contributed by atoms with Crippen LogP contribution in [0, 0.1) is 0 Å². The van der Waals surface area contributed by atoms with E-state index in [4.69, 9.17) is 5.11 Å². The molecule has 0 rings (SSSR count). The van der Waals surface area contributed by atoms with Crippen LogP contribution in [0.1, 0.15) is 33.6 Å². The van der Waals surface area contributed by atoms with Crippen molar-refractivity contribution in [1.82, 2.24) is 5.32 Å². The highest BCUT2D eigenvalue weighted by Gasteiger charge is 2.19. The number of rotatable bonds is 5. The van der Waals surface area contributed by atoms with E-state index in [2.05, 4.69) is 5.32 Å². The molecule has 2 N–H and O–H groups in total. The van der Waals surface area contributed by atoms with Crippen LogP contribution in [0.5, 0.6) is 0 Å². The van der Waals surface area contributed by atoms with Gasteiger partial charge >= 0.3 is 0 Å². The van der Waals surface area contributed by atoms with Gasteiger partial charge < -0.3 is 10.4 Å². The highest BCUT2D eigenvalue weighted by molar-refractivity contribution is 5.97. The van der Waals surface area contributed by atoms with Gasteiger partial charge in [0.2, 0.25) is 5.91 Å². The maximum Gasteiger partial charge on any atom is 0.227 e. The number of aliphatic hydroxyl groups excluding tert-OH is 1. The molecule has 0 unspecified atom stereocenters. The lowest BCUT2D eigenvalue weighted by Gasteiger charge is -2.24. The molecule has 0 saturated heterocycles. The van der Waals surface area contributed by atoms with Crippen molar-refractivity contribution in [2.75, 3.05) is 6.61 Å². The zero-order valence-corrected chi connectivity index (χ0v) is 8.39.